The summed E-state index contributed by atoms with van der Waals surface area (Å²) in [6.45, 7) is 6.22. The molecule has 5 rings (SSSR count). The molecule has 0 bridgehead atoms. The molecule has 0 unspecified atom stereocenters. The molecule has 0 amide bonds. The Bertz CT molecular complexity index is 1310. The zero-order valence-electron chi connectivity index (χ0n) is 16.6. The lowest BCUT2D eigenvalue weighted by Crippen LogP contribution is -2.21. The topological polar surface area (TPSA) is 81.1 Å². The number of anilines is 1. The van der Waals surface area contributed by atoms with Crippen molar-refractivity contribution >= 4 is 39.5 Å². The van der Waals surface area contributed by atoms with Crippen LogP contribution in [0, 0.1) is 0 Å². The molecule has 0 aliphatic rings. The molecule has 0 saturated heterocycles. The van der Waals surface area contributed by atoms with Crippen molar-refractivity contribution in [2.75, 3.05) is 18.0 Å². The molecule has 3 aromatic heterocycles. The quantitative estimate of drug-likeness (QED) is 0.339. The second-order valence-corrected chi connectivity index (χ2v) is 7.59. The molecule has 2 aromatic carbocycles. The van der Waals surface area contributed by atoms with Crippen molar-refractivity contribution in [3.05, 3.63) is 54.9 Å². The van der Waals surface area contributed by atoms with E-state index < -0.39 is 0 Å². The van der Waals surface area contributed by atoms with Crippen molar-refractivity contribution in [1.82, 2.24) is 20.2 Å². The van der Waals surface area contributed by atoms with Crippen LogP contribution in [0.25, 0.3) is 33.5 Å². The largest absolute Gasteiger partial charge is 0.451 e. The van der Waals surface area contributed by atoms with Gasteiger partial charge in [-0.2, -0.15) is 0 Å². The maximum Gasteiger partial charge on any atom is 0.283 e. The summed E-state index contributed by atoms with van der Waals surface area (Å²) in [5.74, 6) is 0.471. The van der Waals surface area contributed by atoms with Gasteiger partial charge in [0.05, 0.1) is 0 Å². The maximum absolute atomic E-state index is 5.96. The third kappa shape index (κ3) is 3.29. The molecule has 0 N–H and O–H groups in total. The summed E-state index contributed by atoms with van der Waals surface area (Å²) in [5, 5.41) is 10.4. The zero-order chi connectivity index (χ0) is 20.5. The lowest BCUT2D eigenvalue weighted by atomic mass is 10.2. The van der Waals surface area contributed by atoms with Crippen LogP contribution in [0.15, 0.2) is 73.9 Å². The van der Waals surface area contributed by atoms with Crippen molar-refractivity contribution in [2.45, 2.75) is 24.1 Å². The molecule has 0 radical (unpaired) electrons. The molecule has 0 aliphatic carbocycles. The molecule has 150 valence electrons. The molecule has 0 spiro atoms. The third-order valence-electron chi connectivity index (χ3n) is 4.96. The minimum Gasteiger partial charge on any atom is -0.451 e. The van der Waals surface area contributed by atoms with Gasteiger partial charge < -0.3 is 13.7 Å². The SMILES string of the molecule is CCN(CC)c1ccc(-c2nnc(Sc3ncnc4c3oc3ccccc34)o2)cc1. The first-order chi connectivity index (χ1) is 14.8. The molecule has 5 aromatic rings. The van der Waals surface area contributed by atoms with E-state index in [-0.39, 0.29) is 0 Å². The number of fused-ring (bicyclic) bond motifs is 3. The fraction of sp³-hybridized carbons (Fsp3) is 0.182. The second-order valence-electron chi connectivity index (χ2n) is 6.65. The highest BCUT2D eigenvalue weighted by atomic mass is 32.2. The fourth-order valence-electron chi connectivity index (χ4n) is 3.43. The van der Waals surface area contributed by atoms with Crippen LogP contribution >= 0.6 is 11.8 Å². The summed E-state index contributed by atoms with van der Waals surface area (Å²) < 4.78 is 11.8. The lowest BCUT2D eigenvalue weighted by Gasteiger charge is -2.20. The Labute approximate surface area is 177 Å². The first kappa shape index (κ1) is 18.6. The number of aromatic nitrogens is 4. The molecule has 0 saturated carbocycles. The molecule has 8 heteroatoms. The monoisotopic (exact) mass is 417 g/mol. The van der Waals surface area contributed by atoms with Gasteiger partial charge in [-0.15, -0.1) is 10.2 Å². The van der Waals surface area contributed by atoms with Gasteiger partial charge in [-0.05, 0) is 62.0 Å². The predicted octanol–water partition coefficient (Wildman–Crippen LogP) is 5.42. The van der Waals surface area contributed by atoms with Crippen molar-refractivity contribution in [1.29, 1.82) is 0 Å². The number of nitrogens with zero attached hydrogens (tertiary/aromatic N) is 5. The van der Waals surface area contributed by atoms with E-state index in [4.69, 9.17) is 8.83 Å². The molecule has 30 heavy (non-hydrogen) atoms. The average molecular weight is 417 g/mol. The molecule has 3 heterocycles. The number of hydrogen-bond donors (Lipinski definition) is 0. The van der Waals surface area contributed by atoms with Crippen LogP contribution in [0.4, 0.5) is 5.69 Å². The Balaban J connectivity index is 1.43. The normalized spacial score (nSPS) is 11.4. The van der Waals surface area contributed by atoms with Crippen LogP contribution in [0.2, 0.25) is 0 Å². The van der Waals surface area contributed by atoms with Gasteiger partial charge >= 0.3 is 0 Å². The number of hydrogen-bond acceptors (Lipinski definition) is 8. The number of rotatable bonds is 6. The van der Waals surface area contributed by atoms with Crippen LogP contribution in [-0.2, 0) is 0 Å². The molecular weight excluding hydrogens is 398 g/mol. The Kier molecular flexibility index (Phi) is 4.84. The fourth-order valence-corrected chi connectivity index (χ4v) is 4.13. The van der Waals surface area contributed by atoms with Crippen LogP contribution in [0.1, 0.15) is 13.8 Å². The van der Waals surface area contributed by atoms with E-state index in [2.05, 4.69) is 51.0 Å². The number of benzene rings is 2. The third-order valence-corrected chi connectivity index (χ3v) is 5.78. The van der Waals surface area contributed by atoms with Gasteiger partial charge in [0.2, 0.25) is 5.89 Å². The van der Waals surface area contributed by atoms with Gasteiger partial charge in [0, 0.05) is 29.7 Å². The van der Waals surface area contributed by atoms with E-state index in [1.165, 1.54) is 23.8 Å². The summed E-state index contributed by atoms with van der Waals surface area (Å²) in [6.07, 6.45) is 1.52. The van der Waals surface area contributed by atoms with E-state index in [0.717, 1.165) is 35.1 Å². The Morgan fingerprint density at radius 2 is 1.70 bits per heavy atom. The molecule has 0 atom stereocenters. The van der Waals surface area contributed by atoms with Gasteiger partial charge in [0.1, 0.15) is 17.4 Å². The maximum atomic E-state index is 5.96. The zero-order valence-corrected chi connectivity index (χ0v) is 17.4. The van der Waals surface area contributed by atoms with Crippen molar-refractivity contribution in [3.63, 3.8) is 0 Å². The average Bonchev–Trinajstić information content (AvgIpc) is 3.40. The van der Waals surface area contributed by atoms with Gasteiger partial charge in [-0.3, -0.25) is 0 Å². The van der Waals surface area contributed by atoms with E-state index >= 15 is 0 Å². The smallest absolute Gasteiger partial charge is 0.283 e. The van der Waals surface area contributed by atoms with Crippen molar-refractivity contribution < 1.29 is 8.83 Å². The van der Waals surface area contributed by atoms with Crippen LogP contribution in [0.5, 0.6) is 0 Å². The summed E-state index contributed by atoms with van der Waals surface area (Å²) in [6, 6.07) is 15.9. The van der Waals surface area contributed by atoms with E-state index in [1.54, 1.807) is 0 Å². The van der Waals surface area contributed by atoms with E-state index in [1.807, 2.05) is 36.4 Å². The van der Waals surface area contributed by atoms with Gasteiger partial charge in [-0.1, -0.05) is 12.1 Å². The summed E-state index contributed by atoms with van der Waals surface area (Å²) >= 11 is 1.27. The molecular formula is C22H19N5O2S. The highest BCUT2D eigenvalue weighted by Gasteiger charge is 2.17. The van der Waals surface area contributed by atoms with E-state index in [0.29, 0.717) is 21.7 Å². The minimum atomic E-state index is 0.401. The Hall–Kier alpha value is -3.39. The van der Waals surface area contributed by atoms with Gasteiger partial charge in [0.25, 0.3) is 5.22 Å². The molecule has 0 aliphatic heterocycles. The summed E-state index contributed by atoms with van der Waals surface area (Å²) in [5.41, 5.74) is 4.21. The Morgan fingerprint density at radius 3 is 2.50 bits per heavy atom. The van der Waals surface area contributed by atoms with Crippen molar-refractivity contribution in [3.8, 4) is 11.5 Å². The highest BCUT2D eigenvalue weighted by Crippen LogP contribution is 2.36. The van der Waals surface area contributed by atoms with Crippen LogP contribution in [0.3, 0.4) is 0 Å². The van der Waals surface area contributed by atoms with Crippen LogP contribution < -0.4 is 4.90 Å². The first-order valence-electron chi connectivity index (χ1n) is 9.75. The number of para-hydroxylation sites is 1. The highest BCUT2D eigenvalue weighted by molar-refractivity contribution is 7.99. The second kappa shape index (κ2) is 7.79. The van der Waals surface area contributed by atoms with E-state index in [9.17, 15) is 0 Å². The summed E-state index contributed by atoms with van der Waals surface area (Å²) in [4.78, 5) is 11.0. The molecule has 0 fully saturated rings. The molecule has 7 nitrogen and oxygen atoms in total. The first-order valence-corrected chi connectivity index (χ1v) is 10.6. The van der Waals surface area contributed by atoms with Gasteiger partial charge in [-0.25, -0.2) is 9.97 Å². The Morgan fingerprint density at radius 1 is 0.900 bits per heavy atom. The lowest BCUT2D eigenvalue weighted by molar-refractivity contribution is 0.465. The van der Waals surface area contributed by atoms with Crippen molar-refractivity contribution in [2.24, 2.45) is 0 Å². The predicted molar refractivity (Wildman–Crippen MR) is 117 cm³/mol. The summed E-state index contributed by atoms with van der Waals surface area (Å²) in [7, 11) is 0. The number of furan rings is 1. The minimum absolute atomic E-state index is 0.401. The van der Waals surface area contributed by atoms with Gasteiger partial charge in [0.15, 0.2) is 10.6 Å². The standard InChI is InChI=1S/C22H19N5O2S/c1-3-27(4-2)15-11-9-14(10-12-15)20-25-26-22(29-20)30-21-19-18(23-13-24-21)16-7-5-6-8-17(16)28-19/h5-13H,3-4H2,1-2H3. The van der Waals surface area contributed by atoms with Crippen LogP contribution in [-0.4, -0.2) is 33.3 Å².